The van der Waals surface area contributed by atoms with E-state index in [1.165, 1.54) is 17.4 Å². The molecule has 1 fully saturated rings. The third kappa shape index (κ3) is 6.01. The first kappa shape index (κ1) is 22.7. The third-order valence-corrected chi connectivity index (χ3v) is 6.08. The van der Waals surface area contributed by atoms with Crippen LogP contribution in [0.5, 0.6) is 0 Å². The van der Waals surface area contributed by atoms with Crippen LogP contribution in [-0.2, 0) is 16.1 Å². The molecule has 1 amide bonds. The predicted molar refractivity (Wildman–Crippen MR) is 117 cm³/mol. The fourth-order valence-corrected chi connectivity index (χ4v) is 4.46. The number of nitrogens with zero attached hydrogens (tertiary/aromatic N) is 2. The van der Waals surface area contributed by atoms with Crippen LogP contribution >= 0.6 is 22.9 Å². The fraction of sp³-hybridized carbons (Fsp3) is 0.429. The highest BCUT2D eigenvalue weighted by Gasteiger charge is 2.22. The van der Waals surface area contributed by atoms with Crippen molar-refractivity contribution >= 4 is 39.8 Å². The van der Waals surface area contributed by atoms with Gasteiger partial charge in [-0.2, -0.15) is 0 Å². The number of hydrogen-bond donors (Lipinski definition) is 1. The van der Waals surface area contributed by atoms with E-state index in [0.717, 1.165) is 36.6 Å². The average molecular weight is 454 g/mol. The molecule has 9 heteroatoms. The van der Waals surface area contributed by atoms with E-state index in [4.69, 9.17) is 16.3 Å². The molecular weight excluding hydrogens is 429 g/mol. The summed E-state index contributed by atoms with van der Waals surface area (Å²) in [4.78, 5) is 29.8. The summed E-state index contributed by atoms with van der Waals surface area (Å²) in [5.41, 5.74) is 1.36. The van der Waals surface area contributed by atoms with Crippen LogP contribution in [-0.4, -0.2) is 61.0 Å². The van der Waals surface area contributed by atoms with Gasteiger partial charge in [-0.3, -0.25) is 14.6 Å². The van der Waals surface area contributed by atoms with Gasteiger partial charge in [-0.1, -0.05) is 17.7 Å². The summed E-state index contributed by atoms with van der Waals surface area (Å²) in [5, 5.41) is 3.52. The number of carbonyl (C=O) groups excluding carboxylic acids is 2. The maximum absolute atomic E-state index is 13.3. The number of hydrogen-bond acceptors (Lipinski definition) is 6. The minimum Gasteiger partial charge on any atom is -0.462 e. The van der Waals surface area contributed by atoms with Gasteiger partial charge in [0.2, 0.25) is 5.91 Å². The monoisotopic (exact) mass is 453 g/mol. The average Bonchev–Trinajstić information content (AvgIpc) is 3.06. The first-order valence-corrected chi connectivity index (χ1v) is 11.0. The zero-order valence-corrected chi connectivity index (χ0v) is 18.6. The van der Waals surface area contributed by atoms with Crippen LogP contribution in [0.3, 0.4) is 0 Å². The molecule has 1 aliphatic heterocycles. The molecule has 6 nitrogen and oxygen atoms in total. The molecule has 2 heterocycles. The highest BCUT2D eigenvalue weighted by atomic mass is 35.5. The number of esters is 1. The van der Waals surface area contributed by atoms with Crippen molar-refractivity contribution < 1.29 is 18.7 Å². The number of halogens is 2. The van der Waals surface area contributed by atoms with Gasteiger partial charge >= 0.3 is 5.97 Å². The van der Waals surface area contributed by atoms with Gasteiger partial charge in [0.05, 0.1) is 23.7 Å². The van der Waals surface area contributed by atoms with Crippen LogP contribution in [0.4, 0.5) is 9.39 Å². The number of thiophene rings is 1. The van der Waals surface area contributed by atoms with Crippen molar-refractivity contribution in [1.29, 1.82) is 0 Å². The minimum atomic E-state index is -0.424. The molecule has 0 spiro atoms. The highest BCUT2D eigenvalue weighted by molar-refractivity contribution is 7.16. The van der Waals surface area contributed by atoms with E-state index < -0.39 is 11.8 Å². The lowest BCUT2D eigenvalue weighted by molar-refractivity contribution is -0.117. The second-order valence-electron chi connectivity index (χ2n) is 7.17. The Bertz CT molecular complexity index is 913. The van der Waals surface area contributed by atoms with Gasteiger partial charge in [0, 0.05) is 37.6 Å². The Hall–Kier alpha value is -2.00. The quantitative estimate of drug-likeness (QED) is 0.646. The molecule has 1 saturated heterocycles. The molecule has 0 aliphatic carbocycles. The summed E-state index contributed by atoms with van der Waals surface area (Å²) in [6.45, 7) is 7.97. The van der Waals surface area contributed by atoms with E-state index in [2.05, 4.69) is 15.1 Å². The van der Waals surface area contributed by atoms with Crippen molar-refractivity contribution in [3.63, 3.8) is 0 Å². The third-order valence-electron chi connectivity index (χ3n) is 4.83. The molecule has 0 saturated carbocycles. The summed E-state index contributed by atoms with van der Waals surface area (Å²) in [7, 11) is 0. The van der Waals surface area contributed by atoms with Gasteiger partial charge in [0.25, 0.3) is 0 Å². The number of benzene rings is 1. The first-order chi connectivity index (χ1) is 14.4. The van der Waals surface area contributed by atoms with Crippen molar-refractivity contribution in [2.45, 2.75) is 20.4 Å². The van der Waals surface area contributed by atoms with E-state index in [0.29, 0.717) is 17.1 Å². The van der Waals surface area contributed by atoms with Gasteiger partial charge in [0.15, 0.2) is 0 Å². The fourth-order valence-electron chi connectivity index (χ4n) is 3.34. The van der Waals surface area contributed by atoms with Crippen LogP contribution in [0.2, 0.25) is 5.02 Å². The summed E-state index contributed by atoms with van der Waals surface area (Å²) < 4.78 is 18.4. The molecule has 162 valence electrons. The summed E-state index contributed by atoms with van der Waals surface area (Å²) in [6, 6.07) is 6.51. The molecule has 1 aromatic heterocycles. The van der Waals surface area contributed by atoms with Crippen LogP contribution in [0, 0.1) is 12.7 Å². The Morgan fingerprint density at radius 1 is 1.20 bits per heavy atom. The van der Waals surface area contributed by atoms with Crippen molar-refractivity contribution in [1.82, 2.24) is 9.80 Å². The number of aryl methyl sites for hydroxylation is 1. The standard InChI is InChI=1S/C21H25ClFN3O3S/c1-3-29-21(28)16-10-14(2)30-20(16)24-19(27)13-26-8-6-25(7-9-26)12-15-4-5-18(23)17(22)11-15/h4-5,10-11H,3,6-9,12-13H2,1-2H3,(H,24,27). The molecule has 1 aromatic carbocycles. The predicted octanol–water partition coefficient (Wildman–Crippen LogP) is 3.78. The lowest BCUT2D eigenvalue weighted by Gasteiger charge is -2.34. The highest BCUT2D eigenvalue weighted by Crippen LogP contribution is 2.28. The molecule has 0 radical (unpaired) electrons. The van der Waals surface area contributed by atoms with Gasteiger partial charge in [0.1, 0.15) is 10.8 Å². The Kier molecular flexibility index (Phi) is 7.82. The number of amides is 1. The number of rotatable bonds is 7. The van der Waals surface area contributed by atoms with Gasteiger partial charge in [-0.05, 0) is 37.6 Å². The minimum absolute atomic E-state index is 0.133. The van der Waals surface area contributed by atoms with E-state index >= 15 is 0 Å². The molecule has 1 N–H and O–H groups in total. The molecule has 3 rings (SSSR count). The van der Waals surface area contributed by atoms with Crippen LogP contribution in [0.15, 0.2) is 24.3 Å². The van der Waals surface area contributed by atoms with E-state index in [-0.39, 0.29) is 24.1 Å². The second-order valence-corrected chi connectivity index (χ2v) is 8.83. The molecular formula is C21H25ClFN3O3S. The number of carbonyl (C=O) groups is 2. The molecule has 0 bridgehead atoms. The van der Waals surface area contributed by atoms with Crippen LogP contribution in [0.1, 0.15) is 27.7 Å². The van der Waals surface area contributed by atoms with Gasteiger partial charge < -0.3 is 10.1 Å². The van der Waals surface area contributed by atoms with Crippen molar-refractivity contribution in [3.05, 3.63) is 51.1 Å². The first-order valence-electron chi connectivity index (χ1n) is 9.81. The largest absolute Gasteiger partial charge is 0.462 e. The van der Waals surface area contributed by atoms with Gasteiger partial charge in [-0.25, -0.2) is 9.18 Å². The Labute approximate surface area is 184 Å². The molecule has 1 aliphatic rings. The zero-order valence-electron chi connectivity index (χ0n) is 17.0. The molecule has 2 aromatic rings. The maximum atomic E-state index is 13.3. The van der Waals surface area contributed by atoms with Crippen LogP contribution in [0.25, 0.3) is 0 Å². The van der Waals surface area contributed by atoms with Gasteiger partial charge in [-0.15, -0.1) is 11.3 Å². The number of piperazine rings is 1. The Morgan fingerprint density at radius 3 is 2.57 bits per heavy atom. The smallest absolute Gasteiger partial charge is 0.341 e. The van der Waals surface area contributed by atoms with E-state index in [9.17, 15) is 14.0 Å². The van der Waals surface area contributed by atoms with Crippen molar-refractivity contribution in [3.8, 4) is 0 Å². The number of anilines is 1. The second kappa shape index (κ2) is 10.3. The van der Waals surface area contributed by atoms with Crippen molar-refractivity contribution in [2.24, 2.45) is 0 Å². The molecule has 0 unspecified atom stereocenters. The Morgan fingerprint density at radius 2 is 1.90 bits per heavy atom. The number of nitrogens with one attached hydrogen (secondary N) is 1. The Balaban J connectivity index is 1.48. The maximum Gasteiger partial charge on any atom is 0.341 e. The molecule has 30 heavy (non-hydrogen) atoms. The molecule has 0 atom stereocenters. The number of ether oxygens (including phenoxy) is 1. The zero-order chi connectivity index (χ0) is 21.7. The summed E-state index contributed by atoms with van der Waals surface area (Å²) >= 11 is 7.22. The lowest BCUT2D eigenvalue weighted by Crippen LogP contribution is -2.48. The topological polar surface area (TPSA) is 61.9 Å². The van der Waals surface area contributed by atoms with Crippen molar-refractivity contribution in [2.75, 3.05) is 44.6 Å². The van der Waals surface area contributed by atoms with Crippen LogP contribution < -0.4 is 5.32 Å². The normalized spacial score (nSPS) is 15.2. The van der Waals surface area contributed by atoms with E-state index in [1.807, 2.05) is 6.92 Å². The van der Waals surface area contributed by atoms with E-state index in [1.54, 1.807) is 25.1 Å². The lowest BCUT2D eigenvalue weighted by atomic mass is 10.2. The SMILES string of the molecule is CCOC(=O)c1cc(C)sc1NC(=O)CN1CCN(Cc2ccc(F)c(Cl)c2)CC1. The summed E-state index contributed by atoms with van der Waals surface area (Å²) in [6.07, 6.45) is 0. The summed E-state index contributed by atoms with van der Waals surface area (Å²) in [5.74, 6) is -0.990.